The minimum atomic E-state index is -0.665. The Morgan fingerprint density at radius 2 is 2.20 bits per heavy atom. The second-order valence-corrected chi connectivity index (χ2v) is 6.57. The molecule has 3 nitrogen and oxygen atoms in total. The molecule has 1 aromatic heterocycles. The first-order valence-electron chi connectivity index (χ1n) is 5.80. The fourth-order valence-electron chi connectivity index (χ4n) is 1.42. The van der Waals surface area contributed by atoms with Gasteiger partial charge in [-0.15, -0.1) is 11.3 Å². The zero-order valence-electron chi connectivity index (χ0n) is 10.8. The van der Waals surface area contributed by atoms with Gasteiger partial charge >= 0.3 is 0 Å². The van der Waals surface area contributed by atoms with Gasteiger partial charge in [0.25, 0.3) is 0 Å². The summed E-state index contributed by atoms with van der Waals surface area (Å²) in [5.41, 5.74) is 0.735. The molecule has 0 aliphatic heterocycles. The van der Waals surface area contributed by atoms with E-state index in [1.54, 1.807) is 6.92 Å². The second-order valence-electron chi connectivity index (χ2n) is 4.13. The lowest BCUT2D eigenvalue weighted by molar-refractivity contribution is -0.115. The molecule has 1 amide bonds. The minimum absolute atomic E-state index is 0.155. The van der Waals surface area contributed by atoms with Gasteiger partial charge in [-0.1, -0.05) is 11.8 Å². The number of hydrogen-bond acceptors (Lipinski definition) is 4. The van der Waals surface area contributed by atoms with Crippen LogP contribution in [0.15, 0.2) is 27.9 Å². The lowest BCUT2D eigenvalue weighted by Crippen LogP contribution is -2.23. The van der Waals surface area contributed by atoms with E-state index in [-0.39, 0.29) is 5.69 Å². The molecule has 20 heavy (non-hydrogen) atoms. The number of nitrogens with one attached hydrogen (secondary N) is 1. The molecule has 0 bridgehead atoms. The lowest BCUT2D eigenvalue weighted by atomic mass is 10.3. The largest absolute Gasteiger partial charge is 0.323 e. The van der Waals surface area contributed by atoms with Crippen LogP contribution in [0.1, 0.15) is 12.6 Å². The van der Waals surface area contributed by atoms with Gasteiger partial charge in [-0.2, -0.15) is 0 Å². The highest BCUT2D eigenvalue weighted by atomic mass is 32.2. The van der Waals surface area contributed by atoms with Crippen molar-refractivity contribution in [3.05, 3.63) is 40.9 Å². The van der Waals surface area contributed by atoms with Gasteiger partial charge in [-0.25, -0.2) is 13.8 Å². The van der Waals surface area contributed by atoms with Crippen molar-refractivity contribution >= 4 is 34.7 Å². The number of rotatable bonds is 4. The summed E-state index contributed by atoms with van der Waals surface area (Å²) in [5, 5.41) is 3.81. The minimum Gasteiger partial charge on any atom is -0.323 e. The Balaban J connectivity index is 2.02. The van der Waals surface area contributed by atoms with E-state index in [2.05, 4.69) is 10.3 Å². The number of thiazole rings is 1. The van der Waals surface area contributed by atoms with Crippen molar-refractivity contribution in [1.29, 1.82) is 0 Å². The summed E-state index contributed by atoms with van der Waals surface area (Å²) < 4.78 is 27.2. The maximum absolute atomic E-state index is 13.4. The van der Waals surface area contributed by atoms with Crippen LogP contribution in [0.25, 0.3) is 0 Å². The molecular weight excluding hydrogens is 302 g/mol. The molecule has 1 N–H and O–H groups in total. The van der Waals surface area contributed by atoms with Crippen LogP contribution in [0.5, 0.6) is 0 Å². The third kappa shape index (κ3) is 3.77. The molecule has 106 valence electrons. The van der Waals surface area contributed by atoms with E-state index >= 15 is 0 Å². The molecule has 7 heteroatoms. The Bertz CT molecular complexity index is 631. The number of carbonyl (C=O) groups is 1. The topological polar surface area (TPSA) is 42.0 Å². The quantitative estimate of drug-likeness (QED) is 0.872. The average molecular weight is 314 g/mol. The van der Waals surface area contributed by atoms with Crippen LogP contribution in [0.2, 0.25) is 0 Å². The van der Waals surface area contributed by atoms with Crippen molar-refractivity contribution in [2.24, 2.45) is 0 Å². The van der Waals surface area contributed by atoms with E-state index < -0.39 is 22.8 Å². The molecule has 0 unspecified atom stereocenters. The first kappa shape index (κ1) is 14.9. The number of aryl methyl sites for hydroxylation is 1. The van der Waals surface area contributed by atoms with E-state index in [0.29, 0.717) is 0 Å². The number of thioether (sulfide) groups is 1. The van der Waals surface area contributed by atoms with Crippen molar-refractivity contribution in [1.82, 2.24) is 4.98 Å². The van der Waals surface area contributed by atoms with E-state index in [1.165, 1.54) is 23.1 Å². The van der Waals surface area contributed by atoms with Crippen LogP contribution in [0.4, 0.5) is 14.5 Å². The Morgan fingerprint density at radius 3 is 2.85 bits per heavy atom. The van der Waals surface area contributed by atoms with Crippen molar-refractivity contribution in [3.8, 4) is 0 Å². The summed E-state index contributed by atoms with van der Waals surface area (Å²) in [6, 6.07) is 2.94. The standard InChI is InChI=1S/C13H12F2N2OS2/c1-7-6-19-13(16-7)20-8(2)12(18)17-11-5-9(14)3-4-10(11)15/h3-6,8H,1-2H3,(H,17,18)/t8-/m1/s1. The highest BCUT2D eigenvalue weighted by Gasteiger charge is 2.17. The van der Waals surface area contributed by atoms with Crippen molar-refractivity contribution < 1.29 is 13.6 Å². The van der Waals surface area contributed by atoms with E-state index in [9.17, 15) is 13.6 Å². The molecule has 0 aliphatic carbocycles. The Kier molecular flexibility index (Phi) is 4.72. The Labute approximate surface area is 123 Å². The van der Waals surface area contributed by atoms with Crippen LogP contribution in [0, 0.1) is 18.6 Å². The van der Waals surface area contributed by atoms with Crippen LogP contribution in [-0.4, -0.2) is 16.1 Å². The maximum Gasteiger partial charge on any atom is 0.237 e. The Hall–Kier alpha value is -1.47. The first-order valence-corrected chi connectivity index (χ1v) is 7.56. The summed E-state index contributed by atoms with van der Waals surface area (Å²) in [6.07, 6.45) is 0. The normalized spacial score (nSPS) is 12.2. The summed E-state index contributed by atoms with van der Waals surface area (Å²) >= 11 is 2.73. The number of carbonyl (C=O) groups excluding carboxylic acids is 1. The van der Waals surface area contributed by atoms with Gasteiger partial charge in [0.2, 0.25) is 5.91 Å². The molecule has 2 rings (SSSR count). The number of aromatic nitrogens is 1. The van der Waals surface area contributed by atoms with Gasteiger partial charge in [-0.05, 0) is 26.0 Å². The fourth-order valence-corrected chi connectivity index (χ4v) is 3.40. The summed E-state index contributed by atoms with van der Waals surface area (Å²) in [6.45, 7) is 3.56. The molecule has 1 atom stereocenters. The predicted octanol–water partition coefficient (Wildman–Crippen LogP) is 3.85. The van der Waals surface area contributed by atoms with Crippen LogP contribution >= 0.6 is 23.1 Å². The zero-order chi connectivity index (χ0) is 14.7. The molecule has 1 aromatic carbocycles. The lowest BCUT2D eigenvalue weighted by Gasteiger charge is -2.11. The zero-order valence-corrected chi connectivity index (χ0v) is 12.4. The van der Waals surface area contributed by atoms with Crippen molar-refractivity contribution in [2.75, 3.05) is 5.32 Å². The van der Waals surface area contributed by atoms with Crippen LogP contribution in [-0.2, 0) is 4.79 Å². The molecule has 0 aliphatic rings. The average Bonchev–Trinajstić information content (AvgIpc) is 2.79. The first-order chi connectivity index (χ1) is 9.45. The van der Waals surface area contributed by atoms with Gasteiger partial charge < -0.3 is 5.32 Å². The fraction of sp³-hybridized carbons (Fsp3) is 0.231. The maximum atomic E-state index is 13.4. The number of amides is 1. The molecule has 0 saturated carbocycles. The molecule has 0 radical (unpaired) electrons. The van der Waals surface area contributed by atoms with E-state index in [0.717, 1.165) is 28.2 Å². The van der Waals surface area contributed by atoms with Gasteiger partial charge in [-0.3, -0.25) is 4.79 Å². The van der Waals surface area contributed by atoms with Crippen LogP contribution in [0.3, 0.4) is 0 Å². The predicted molar refractivity (Wildman–Crippen MR) is 77.2 cm³/mol. The smallest absolute Gasteiger partial charge is 0.237 e. The van der Waals surface area contributed by atoms with E-state index in [1.807, 2.05) is 12.3 Å². The molecule has 0 fully saturated rings. The third-order valence-corrected chi connectivity index (χ3v) is 4.62. The van der Waals surface area contributed by atoms with Crippen molar-refractivity contribution in [3.63, 3.8) is 0 Å². The monoisotopic (exact) mass is 314 g/mol. The second kappa shape index (κ2) is 6.32. The molecule has 0 saturated heterocycles. The van der Waals surface area contributed by atoms with Gasteiger partial charge in [0, 0.05) is 17.1 Å². The number of hydrogen-bond donors (Lipinski definition) is 1. The molecule has 2 aromatic rings. The van der Waals surface area contributed by atoms with Gasteiger partial charge in [0.05, 0.1) is 10.9 Å². The molecular formula is C13H12F2N2OS2. The summed E-state index contributed by atoms with van der Waals surface area (Å²) in [4.78, 5) is 16.2. The number of benzene rings is 1. The van der Waals surface area contributed by atoms with Crippen molar-refractivity contribution in [2.45, 2.75) is 23.4 Å². The van der Waals surface area contributed by atoms with Gasteiger partial charge in [0.1, 0.15) is 11.6 Å². The summed E-state index contributed by atoms with van der Waals surface area (Å²) in [7, 11) is 0. The van der Waals surface area contributed by atoms with Crippen LogP contribution < -0.4 is 5.32 Å². The van der Waals surface area contributed by atoms with Gasteiger partial charge in [0.15, 0.2) is 4.34 Å². The number of halogens is 2. The summed E-state index contributed by atoms with van der Waals surface area (Å²) in [5.74, 6) is -1.66. The number of nitrogens with zero attached hydrogens (tertiary/aromatic N) is 1. The molecule has 1 heterocycles. The van der Waals surface area contributed by atoms with E-state index in [4.69, 9.17) is 0 Å². The third-order valence-electron chi connectivity index (χ3n) is 2.43. The number of anilines is 1. The highest BCUT2D eigenvalue weighted by molar-refractivity contribution is 8.02. The highest BCUT2D eigenvalue weighted by Crippen LogP contribution is 2.27. The Morgan fingerprint density at radius 1 is 1.45 bits per heavy atom. The SMILES string of the molecule is Cc1csc(S[C@H](C)C(=O)Nc2cc(F)ccc2F)n1. The molecule has 0 spiro atoms.